The molecule has 0 unspecified atom stereocenters. The average Bonchev–Trinajstić information content (AvgIpc) is 2.68. The number of aryl methyl sites for hydroxylation is 2. The van der Waals surface area contributed by atoms with E-state index < -0.39 is 9.84 Å². The van der Waals surface area contributed by atoms with Crippen LogP contribution in [0.2, 0.25) is 0 Å². The van der Waals surface area contributed by atoms with Crippen molar-refractivity contribution in [2.75, 3.05) is 0 Å². The van der Waals surface area contributed by atoms with Crippen LogP contribution in [-0.2, 0) is 28.4 Å². The van der Waals surface area contributed by atoms with Gasteiger partial charge in [0.15, 0.2) is 5.03 Å². The normalized spacial score (nSPS) is 15.6. The van der Waals surface area contributed by atoms with Gasteiger partial charge in [-0.15, -0.1) is 11.3 Å². The van der Waals surface area contributed by atoms with E-state index in [1.54, 1.807) is 0 Å². The van der Waals surface area contributed by atoms with Crippen LogP contribution in [0.5, 0.6) is 0 Å². The maximum Gasteiger partial charge on any atom is 0.203 e. The lowest BCUT2D eigenvalue weighted by Gasteiger charge is -2.00. The smallest absolute Gasteiger partial charge is 0.203 e. The summed E-state index contributed by atoms with van der Waals surface area (Å²) in [6, 6.07) is 0. The Morgan fingerprint density at radius 1 is 1.15 bits per heavy atom. The Kier molecular flexibility index (Phi) is 3.80. The zero-order chi connectivity index (χ0) is 14.0. The lowest BCUT2D eigenvalue weighted by molar-refractivity contribution is 0.590. The van der Waals surface area contributed by atoms with Crippen molar-refractivity contribution < 1.29 is 8.42 Å². The van der Waals surface area contributed by atoms with Gasteiger partial charge in [0.2, 0.25) is 9.84 Å². The highest BCUT2D eigenvalue weighted by Crippen LogP contribution is 2.27. The number of sulfone groups is 1. The van der Waals surface area contributed by atoms with E-state index in [9.17, 15) is 8.42 Å². The molecule has 0 bridgehead atoms. The molecular weight excluding hydrogens is 294 g/mol. The molecule has 5 nitrogen and oxygen atoms in total. The summed E-state index contributed by atoms with van der Waals surface area (Å²) in [5, 5.41) is 0.688. The Morgan fingerprint density at radius 3 is 2.80 bits per heavy atom. The van der Waals surface area contributed by atoms with Gasteiger partial charge >= 0.3 is 0 Å². The van der Waals surface area contributed by atoms with Crippen LogP contribution >= 0.6 is 11.3 Å². The van der Waals surface area contributed by atoms with Crippen molar-refractivity contribution in [3.8, 4) is 0 Å². The summed E-state index contributed by atoms with van der Waals surface area (Å²) < 4.78 is 24.5. The summed E-state index contributed by atoms with van der Waals surface area (Å²) in [6.07, 6.45) is 9.69. The summed E-state index contributed by atoms with van der Waals surface area (Å²) in [5.41, 5.74) is 1.09. The van der Waals surface area contributed by atoms with Crippen LogP contribution in [0.4, 0.5) is 0 Å². The summed E-state index contributed by atoms with van der Waals surface area (Å²) in [6.45, 7) is 0. The van der Waals surface area contributed by atoms with E-state index in [2.05, 4.69) is 15.0 Å². The SMILES string of the molecule is O=S(=O)(Cc1nc2c(s1)CCCCC2)c1cnccn1. The highest BCUT2D eigenvalue weighted by atomic mass is 32.2. The van der Waals surface area contributed by atoms with Gasteiger partial charge in [0, 0.05) is 17.3 Å². The summed E-state index contributed by atoms with van der Waals surface area (Å²) in [7, 11) is -3.45. The van der Waals surface area contributed by atoms with E-state index in [-0.39, 0.29) is 10.8 Å². The summed E-state index contributed by atoms with van der Waals surface area (Å²) in [5.74, 6) is -0.0800. The van der Waals surface area contributed by atoms with Crippen molar-refractivity contribution in [1.82, 2.24) is 15.0 Å². The van der Waals surface area contributed by atoms with Gasteiger partial charge in [0.05, 0.1) is 11.9 Å². The molecule has 20 heavy (non-hydrogen) atoms. The van der Waals surface area contributed by atoms with Crippen molar-refractivity contribution in [3.05, 3.63) is 34.2 Å². The number of rotatable bonds is 3. The van der Waals surface area contributed by atoms with Crippen LogP contribution < -0.4 is 0 Å². The topological polar surface area (TPSA) is 72.8 Å². The van der Waals surface area contributed by atoms with E-state index in [0.717, 1.165) is 25.0 Å². The molecule has 106 valence electrons. The number of nitrogens with zero attached hydrogens (tertiary/aromatic N) is 3. The molecule has 1 aliphatic rings. The summed E-state index contributed by atoms with van der Waals surface area (Å²) in [4.78, 5) is 13.5. The molecule has 0 amide bonds. The maximum atomic E-state index is 12.2. The van der Waals surface area contributed by atoms with Gasteiger partial charge in [-0.3, -0.25) is 4.98 Å². The van der Waals surface area contributed by atoms with Crippen LogP contribution in [0.15, 0.2) is 23.6 Å². The standard InChI is InChI=1S/C13H15N3O2S2/c17-20(18,13-8-14-6-7-15-13)9-12-16-10-4-2-1-3-5-11(10)19-12/h6-8H,1-5,9H2. The molecular formula is C13H15N3O2S2. The minimum absolute atomic E-state index is 0.0189. The lowest BCUT2D eigenvalue weighted by atomic mass is 10.2. The van der Waals surface area contributed by atoms with Gasteiger partial charge < -0.3 is 0 Å². The predicted octanol–water partition coefficient (Wildman–Crippen LogP) is 2.18. The molecule has 0 saturated carbocycles. The Morgan fingerprint density at radius 2 is 2.00 bits per heavy atom. The molecule has 0 N–H and O–H groups in total. The van der Waals surface area contributed by atoms with E-state index in [1.165, 1.54) is 47.6 Å². The third-order valence-corrected chi connectivity index (χ3v) is 6.15. The van der Waals surface area contributed by atoms with Crippen LogP contribution in [0.3, 0.4) is 0 Å². The van der Waals surface area contributed by atoms with E-state index in [1.807, 2.05) is 0 Å². The third-order valence-electron chi connectivity index (χ3n) is 3.31. The molecule has 2 aromatic heterocycles. The minimum Gasteiger partial charge on any atom is -0.260 e. The second-order valence-electron chi connectivity index (χ2n) is 4.84. The first-order chi connectivity index (χ1) is 9.65. The van der Waals surface area contributed by atoms with Crippen molar-refractivity contribution >= 4 is 21.2 Å². The molecule has 2 heterocycles. The van der Waals surface area contributed by atoms with Gasteiger partial charge in [0.25, 0.3) is 0 Å². The summed E-state index contributed by atoms with van der Waals surface area (Å²) >= 11 is 1.53. The third kappa shape index (κ3) is 2.88. The fraction of sp³-hybridized carbons (Fsp3) is 0.462. The number of aromatic nitrogens is 3. The van der Waals surface area contributed by atoms with Crippen molar-refractivity contribution in [3.63, 3.8) is 0 Å². The van der Waals surface area contributed by atoms with Gasteiger partial charge in [-0.25, -0.2) is 18.4 Å². The molecule has 0 aliphatic heterocycles. The first-order valence-electron chi connectivity index (χ1n) is 6.61. The highest BCUT2D eigenvalue weighted by molar-refractivity contribution is 7.90. The second kappa shape index (κ2) is 5.57. The molecule has 7 heteroatoms. The maximum absolute atomic E-state index is 12.2. The molecule has 0 aromatic carbocycles. The fourth-order valence-electron chi connectivity index (χ4n) is 2.33. The van der Waals surface area contributed by atoms with Crippen LogP contribution in [0, 0.1) is 0 Å². The Balaban J connectivity index is 1.85. The molecule has 2 aromatic rings. The Labute approximate surface area is 122 Å². The number of thiazole rings is 1. The molecule has 0 radical (unpaired) electrons. The largest absolute Gasteiger partial charge is 0.260 e. The minimum atomic E-state index is -3.45. The van der Waals surface area contributed by atoms with E-state index >= 15 is 0 Å². The molecule has 0 fully saturated rings. The second-order valence-corrected chi connectivity index (χ2v) is 7.95. The van der Waals surface area contributed by atoms with Crippen LogP contribution in [-0.4, -0.2) is 23.4 Å². The number of hydrogen-bond donors (Lipinski definition) is 0. The van der Waals surface area contributed by atoms with Gasteiger partial charge in [-0.2, -0.15) is 0 Å². The molecule has 1 aliphatic carbocycles. The predicted molar refractivity (Wildman–Crippen MR) is 76.3 cm³/mol. The quantitative estimate of drug-likeness (QED) is 0.813. The zero-order valence-corrected chi connectivity index (χ0v) is 12.6. The number of fused-ring (bicyclic) bond motifs is 1. The van der Waals surface area contributed by atoms with Crippen LogP contribution in [0.25, 0.3) is 0 Å². The van der Waals surface area contributed by atoms with E-state index in [0.29, 0.717) is 5.01 Å². The van der Waals surface area contributed by atoms with Crippen molar-refractivity contribution in [2.45, 2.75) is 42.9 Å². The van der Waals surface area contributed by atoms with Crippen molar-refractivity contribution in [2.24, 2.45) is 0 Å². The van der Waals surface area contributed by atoms with Crippen molar-refractivity contribution in [1.29, 1.82) is 0 Å². The first kappa shape index (κ1) is 13.6. The Bertz CT molecular complexity index is 672. The lowest BCUT2D eigenvalue weighted by Crippen LogP contribution is -2.07. The molecule has 3 rings (SSSR count). The fourth-order valence-corrected chi connectivity index (χ4v) is 4.96. The average molecular weight is 309 g/mol. The van der Waals surface area contributed by atoms with E-state index in [4.69, 9.17) is 0 Å². The van der Waals surface area contributed by atoms with Gasteiger partial charge in [-0.1, -0.05) is 6.42 Å². The zero-order valence-electron chi connectivity index (χ0n) is 10.9. The van der Waals surface area contributed by atoms with Crippen LogP contribution in [0.1, 0.15) is 34.8 Å². The molecule has 0 atom stereocenters. The highest BCUT2D eigenvalue weighted by Gasteiger charge is 2.21. The van der Waals surface area contributed by atoms with Gasteiger partial charge in [-0.05, 0) is 25.7 Å². The van der Waals surface area contributed by atoms with Gasteiger partial charge in [0.1, 0.15) is 10.8 Å². The first-order valence-corrected chi connectivity index (χ1v) is 9.08. The number of hydrogen-bond acceptors (Lipinski definition) is 6. The molecule has 0 spiro atoms. The Hall–Kier alpha value is -1.34. The molecule has 0 saturated heterocycles. The monoisotopic (exact) mass is 309 g/mol.